The summed E-state index contributed by atoms with van der Waals surface area (Å²) < 4.78 is 29.9. The summed E-state index contributed by atoms with van der Waals surface area (Å²) in [4.78, 5) is 28.0. The molecule has 9 heteroatoms. The van der Waals surface area contributed by atoms with Gasteiger partial charge in [-0.1, -0.05) is 6.07 Å². The van der Waals surface area contributed by atoms with Gasteiger partial charge < -0.3 is 10.2 Å². The lowest BCUT2D eigenvalue weighted by molar-refractivity contribution is -0.119. The molecule has 1 N–H and O–H groups in total. The van der Waals surface area contributed by atoms with Gasteiger partial charge >= 0.3 is 0 Å². The van der Waals surface area contributed by atoms with Crippen LogP contribution in [0.15, 0.2) is 51.0 Å². The average molecular weight is 496 g/mol. The molecule has 0 atom stereocenters. The van der Waals surface area contributed by atoms with E-state index in [0.717, 1.165) is 43.0 Å². The summed E-state index contributed by atoms with van der Waals surface area (Å²) in [5, 5.41) is 3.58. The van der Waals surface area contributed by atoms with E-state index in [1.807, 2.05) is 17.9 Å². The Kier molecular flexibility index (Phi) is 5.62. The molecular weight excluding hydrogens is 468 g/mol. The summed E-state index contributed by atoms with van der Waals surface area (Å²) in [6.07, 6.45) is 6.02. The fourth-order valence-electron chi connectivity index (χ4n) is 4.62. The molecule has 182 valence electrons. The fourth-order valence-corrected chi connectivity index (χ4v) is 5.39. The molecule has 2 saturated carbocycles. The van der Waals surface area contributed by atoms with Gasteiger partial charge in [-0.15, -0.1) is 0 Å². The van der Waals surface area contributed by atoms with Crippen molar-refractivity contribution in [3.8, 4) is 0 Å². The van der Waals surface area contributed by atoms with E-state index in [0.29, 0.717) is 52.7 Å². The largest absolute Gasteiger partial charge is 0.350 e. The highest BCUT2D eigenvalue weighted by atomic mass is 32.2. The normalized spacial score (nSPS) is 20.8. The molecule has 3 fully saturated rings. The number of halogens is 2. The van der Waals surface area contributed by atoms with Crippen LogP contribution in [0.4, 0.5) is 20.4 Å². The number of nitrogens with zero attached hydrogens (tertiary/aromatic N) is 4. The zero-order valence-electron chi connectivity index (χ0n) is 19.6. The molecule has 0 spiro atoms. The highest BCUT2D eigenvalue weighted by molar-refractivity contribution is 7.99. The minimum Gasteiger partial charge on any atom is -0.350 e. The molecule has 2 aromatic rings. The predicted molar refractivity (Wildman–Crippen MR) is 132 cm³/mol. The molecule has 0 amide bonds. The van der Waals surface area contributed by atoms with Gasteiger partial charge in [-0.2, -0.15) is 0 Å². The Labute approximate surface area is 207 Å². The maximum atomic E-state index is 15.0. The second-order valence-electron chi connectivity index (χ2n) is 10.2. The van der Waals surface area contributed by atoms with Crippen molar-refractivity contribution in [1.82, 2.24) is 9.97 Å². The predicted octanol–water partition coefficient (Wildman–Crippen LogP) is 5.00. The monoisotopic (exact) mass is 495 g/mol. The molecule has 1 saturated heterocycles. The minimum absolute atomic E-state index is 0.154. The third-order valence-electron chi connectivity index (χ3n) is 6.98. The Balaban J connectivity index is 1.22. The number of rotatable bonds is 8. The van der Waals surface area contributed by atoms with Gasteiger partial charge in [0.2, 0.25) is 0 Å². The van der Waals surface area contributed by atoms with Gasteiger partial charge in [0.05, 0.1) is 24.5 Å². The third-order valence-corrected chi connectivity index (χ3v) is 7.90. The van der Waals surface area contributed by atoms with Crippen LogP contribution in [0, 0.1) is 17.7 Å². The van der Waals surface area contributed by atoms with Crippen molar-refractivity contribution in [3.63, 3.8) is 0 Å². The van der Waals surface area contributed by atoms with Gasteiger partial charge in [0, 0.05) is 18.4 Å². The van der Waals surface area contributed by atoms with E-state index in [9.17, 15) is 13.6 Å². The SMILES string of the molecule is CC1=CC(Nc2cc(N3CC(F)(C4CC4)C3)nc(Sc3ccc(CC(=O)C4CC4)cc3F)n2)=NC1. The van der Waals surface area contributed by atoms with E-state index in [1.165, 1.54) is 6.07 Å². The smallest absolute Gasteiger partial charge is 0.196 e. The summed E-state index contributed by atoms with van der Waals surface area (Å²) in [5.41, 5.74) is 0.691. The Morgan fingerprint density at radius 1 is 1.20 bits per heavy atom. The van der Waals surface area contributed by atoms with Crippen LogP contribution in [-0.2, 0) is 11.2 Å². The van der Waals surface area contributed by atoms with Crippen molar-refractivity contribution < 1.29 is 13.6 Å². The van der Waals surface area contributed by atoms with E-state index in [4.69, 9.17) is 0 Å². The lowest BCUT2D eigenvalue weighted by Crippen LogP contribution is -2.60. The first-order chi connectivity index (χ1) is 16.8. The molecule has 0 radical (unpaired) electrons. The molecule has 6 rings (SSSR count). The molecule has 2 aliphatic heterocycles. The van der Waals surface area contributed by atoms with E-state index in [2.05, 4.69) is 20.3 Å². The van der Waals surface area contributed by atoms with Gasteiger partial charge in [-0.25, -0.2) is 18.7 Å². The summed E-state index contributed by atoms with van der Waals surface area (Å²) in [6, 6.07) is 6.69. The first-order valence-electron chi connectivity index (χ1n) is 12.2. The number of aromatic nitrogens is 2. The van der Waals surface area contributed by atoms with E-state index >= 15 is 0 Å². The van der Waals surface area contributed by atoms with Crippen molar-refractivity contribution in [3.05, 3.63) is 47.3 Å². The van der Waals surface area contributed by atoms with Gasteiger partial charge in [0.1, 0.15) is 34.7 Å². The molecule has 35 heavy (non-hydrogen) atoms. The lowest BCUT2D eigenvalue weighted by Gasteiger charge is -2.45. The van der Waals surface area contributed by atoms with Crippen molar-refractivity contribution >= 4 is 35.0 Å². The van der Waals surface area contributed by atoms with Crippen LogP contribution >= 0.6 is 11.8 Å². The van der Waals surface area contributed by atoms with Crippen LogP contribution in [-0.4, -0.2) is 46.9 Å². The number of nitrogens with one attached hydrogen (secondary N) is 1. The standard InChI is InChI=1S/C26H27F2N5OS/c1-15-8-22(29-12-15)30-23-11-24(33-13-26(28,14-33)18-5-6-18)32-25(31-23)35-21-7-2-16(9-19(21)27)10-20(34)17-3-4-17/h2,7-9,11,17-18H,3-6,10,12-14H2,1H3,(H,29,30,31,32). The van der Waals surface area contributed by atoms with Gasteiger partial charge in [-0.3, -0.25) is 9.79 Å². The van der Waals surface area contributed by atoms with Crippen LogP contribution in [0.25, 0.3) is 0 Å². The Morgan fingerprint density at radius 2 is 2.00 bits per heavy atom. The summed E-state index contributed by atoms with van der Waals surface area (Å²) >= 11 is 1.12. The Morgan fingerprint density at radius 3 is 2.66 bits per heavy atom. The number of benzene rings is 1. The number of anilines is 2. The zero-order chi connectivity index (χ0) is 24.2. The highest BCUT2D eigenvalue weighted by Gasteiger charge is 2.54. The molecule has 3 heterocycles. The van der Waals surface area contributed by atoms with Crippen LogP contribution in [0.5, 0.6) is 0 Å². The van der Waals surface area contributed by atoms with Crippen LogP contribution in [0.3, 0.4) is 0 Å². The average Bonchev–Trinajstić information content (AvgIpc) is 3.71. The fraction of sp³-hybridized carbons (Fsp3) is 0.462. The number of hydrogen-bond donors (Lipinski definition) is 1. The molecule has 0 bridgehead atoms. The maximum absolute atomic E-state index is 15.0. The topological polar surface area (TPSA) is 70.5 Å². The van der Waals surface area contributed by atoms with Gasteiger partial charge in [0.25, 0.3) is 0 Å². The van der Waals surface area contributed by atoms with Gasteiger partial charge in [0.15, 0.2) is 5.16 Å². The second-order valence-corrected chi connectivity index (χ2v) is 11.2. The number of aliphatic imine (C=N–C) groups is 1. The van der Waals surface area contributed by atoms with Crippen molar-refractivity contribution in [2.24, 2.45) is 16.8 Å². The van der Waals surface area contributed by atoms with E-state index < -0.39 is 11.5 Å². The Hall–Kier alpha value is -2.81. The highest BCUT2D eigenvalue weighted by Crippen LogP contribution is 2.48. The minimum atomic E-state index is -1.14. The van der Waals surface area contributed by atoms with Crippen molar-refractivity contribution in [2.45, 2.75) is 54.7 Å². The van der Waals surface area contributed by atoms with E-state index in [-0.39, 0.29) is 24.0 Å². The number of carbonyl (C=O) groups is 1. The molecule has 6 nitrogen and oxygen atoms in total. The summed E-state index contributed by atoms with van der Waals surface area (Å²) in [7, 11) is 0. The van der Waals surface area contributed by atoms with Crippen LogP contribution in [0.1, 0.15) is 38.2 Å². The molecule has 4 aliphatic rings. The van der Waals surface area contributed by atoms with Gasteiger partial charge in [-0.05, 0) is 79.6 Å². The third kappa shape index (κ3) is 4.96. The van der Waals surface area contributed by atoms with Crippen LogP contribution in [0.2, 0.25) is 0 Å². The number of hydrogen-bond acceptors (Lipinski definition) is 7. The second kappa shape index (κ2) is 8.69. The molecular formula is C26H27F2N5OS. The number of Topliss-reactive ketones (excluding diaryl/α,β-unsaturated/α-hetero) is 1. The lowest BCUT2D eigenvalue weighted by atomic mass is 9.91. The number of ketones is 1. The summed E-state index contributed by atoms with van der Waals surface area (Å²) in [6.45, 7) is 3.28. The number of amidine groups is 1. The molecule has 2 aliphatic carbocycles. The van der Waals surface area contributed by atoms with E-state index in [1.54, 1.807) is 18.2 Å². The molecule has 0 unspecified atom stereocenters. The zero-order valence-corrected chi connectivity index (χ0v) is 20.4. The number of alkyl halides is 1. The quantitative estimate of drug-likeness (QED) is 0.520. The first-order valence-corrected chi connectivity index (χ1v) is 13.0. The van der Waals surface area contributed by atoms with Crippen LogP contribution < -0.4 is 10.2 Å². The number of carbonyl (C=O) groups excluding carboxylic acids is 1. The maximum Gasteiger partial charge on any atom is 0.196 e. The molecule has 1 aromatic heterocycles. The van der Waals surface area contributed by atoms with Crippen molar-refractivity contribution in [1.29, 1.82) is 0 Å². The Bertz CT molecular complexity index is 1250. The van der Waals surface area contributed by atoms with Crippen molar-refractivity contribution in [2.75, 3.05) is 29.9 Å². The molecule has 1 aromatic carbocycles. The first kappa shape index (κ1) is 22.6. The summed E-state index contributed by atoms with van der Waals surface area (Å²) in [5.74, 6) is 1.95.